The van der Waals surface area contributed by atoms with Crippen molar-refractivity contribution >= 4 is 6.09 Å². The van der Waals surface area contributed by atoms with E-state index in [1.54, 1.807) is 4.90 Å². The first-order valence-electron chi connectivity index (χ1n) is 6.54. The van der Waals surface area contributed by atoms with Crippen LogP contribution in [0.3, 0.4) is 0 Å². The number of hydrogen-bond donors (Lipinski definition) is 1. The molecule has 0 aromatic rings. The smallest absolute Gasteiger partial charge is 0.410 e. The highest BCUT2D eigenvalue weighted by Crippen LogP contribution is 2.21. The third kappa shape index (κ3) is 4.94. The van der Waals surface area contributed by atoms with Gasteiger partial charge < -0.3 is 14.7 Å². The predicted molar refractivity (Wildman–Crippen MR) is 66.9 cm³/mol. The minimum absolute atomic E-state index is 0.129. The number of hydrogen-bond acceptors (Lipinski definition) is 3. The quantitative estimate of drug-likeness (QED) is 0.811. The Bertz CT molecular complexity index is 248. The SMILES string of the molecule is CC(C)(C)OC(=O)N1CCCCC[C@H]1CCO. The zero-order valence-electron chi connectivity index (χ0n) is 11.2. The van der Waals surface area contributed by atoms with Crippen molar-refractivity contribution < 1.29 is 14.6 Å². The van der Waals surface area contributed by atoms with Crippen molar-refractivity contribution in [3.63, 3.8) is 0 Å². The largest absolute Gasteiger partial charge is 0.444 e. The van der Waals surface area contributed by atoms with Crippen molar-refractivity contribution in [2.45, 2.75) is 64.5 Å². The second kappa shape index (κ2) is 6.24. The molecule has 100 valence electrons. The molecular weight excluding hydrogens is 218 g/mol. The number of nitrogens with zero attached hydrogens (tertiary/aromatic N) is 1. The van der Waals surface area contributed by atoms with Gasteiger partial charge >= 0.3 is 6.09 Å². The van der Waals surface area contributed by atoms with Gasteiger partial charge in [0.2, 0.25) is 0 Å². The van der Waals surface area contributed by atoms with E-state index in [2.05, 4.69) is 0 Å². The van der Waals surface area contributed by atoms with Crippen LogP contribution < -0.4 is 0 Å². The lowest BCUT2D eigenvalue weighted by atomic mass is 10.1. The van der Waals surface area contributed by atoms with Gasteiger partial charge in [-0.1, -0.05) is 12.8 Å². The number of likely N-dealkylation sites (tertiary alicyclic amines) is 1. The maximum absolute atomic E-state index is 12.1. The molecule has 4 nitrogen and oxygen atoms in total. The second-order valence-electron chi connectivity index (χ2n) is 5.69. The second-order valence-corrected chi connectivity index (χ2v) is 5.69. The van der Waals surface area contributed by atoms with Crippen molar-refractivity contribution in [2.24, 2.45) is 0 Å². The number of aliphatic hydroxyl groups is 1. The fourth-order valence-electron chi connectivity index (χ4n) is 2.19. The average Bonchev–Trinajstić information content (AvgIpc) is 2.41. The van der Waals surface area contributed by atoms with Crippen molar-refractivity contribution in [1.82, 2.24) is 4.90 Å². The van der Waals surface area contributed by atoms with E-state index in [4.69, 9.17) is 9.84 Å². The number of carbonyl (C=O) groups is 1. The molecule has 1 heterocycles. The molecular formula is C13H25NO3. The Morgan fingerprint density at radius 2 is 2.06 bits per heavy atom. The fourth-order valence-corrected chi connectivity index (χ4v) is 2.19. The van der Waals surface area contributed by atoms with Crippen LogP contribution in [0.5, 0.6) is 0 Å². The Balaban J connectivity index is 2.64. The van der Waals surface area contributed by atoms with Crippen molar-refractivity contribution in [1.29, 1.82) is 0 Å². The topological polar surface area (TPSA) is 49.8 Å². The van der Waals surface area contributed by atoms with Crippen LogP contribution in [0.2, 0.25) is 0 Å². The summed E-state index contributed by atoms with van der Waals surface area (Å²) >= 11 is 0. The van der Waals surface area contributed by atoms with Crippen LogP contribution in [0.1, 0.15) is 52.9 Å². The minimum Gasteiger partial charge on any atom is -0.444 e. The zero-order chi connectivity index (χ0) is 12.9. The number of carbonyl (C=O) groups excluding carboxylic acids is 1. The van der Waals surface area contributed by atoms with Gasteiger partial charge in [0.25, 0.3) is 0 Å². The molecule has 0 spiro atoms. The molecule has 1 aliphatic heterocycles. The maximum atomic E-state index is 12.1. The van der Waals surface area contributed by atoms with Crippen LogP contribution in [0.25, 0.3) is 0 Å². The molecule has 1 rings (SSSR count). The van der Waals surface area contributed by atoms with E-state index in [1.165, 1.54) is 0 Å². The first-order valence-corrected chi connectivity index (χ1v) is 6.54. The first kappa shape index (κ1) is 14.3. The van der Waals surface area contributed by atoms with E-state index in [1.807, 2.05) is 20.8 Å². The molecule has 1 aliphatic rings. The summed E-state index contributed by atoms with van der Waals surface area (Å²) < 4.78 is 5.41. The molecule has 0 bridgehead atoms. The zero-order valence-corrected chi connectivity index (χ0v) is 11.2. The molecule has 1 fully saturated rings. The molecule has 1 amide bonds. The summed E-state index contributed by atoms with van der Waals surface area (Å²) in [4.78, 5) is 13.9. The lowest BCUT2D eigenvalue weighted by Crippen LogP contribution is -2.43. The summed E-state index contributed by atoms with van der Waals surface area (Å²) in [6.07, 6.45) is 4.70. The highest BCUT2D eigenvalue weighted by Gasteiger charge is 2.28. The van der Waals surface area contributed by atoms with Gasteiger partial charge in [-0.05, 0) is 40.0 Å². The molecule has 1 atom stereocenters. The van der Waals surface area contributed by atoms with Crippen molar-refractivity contribution in [2.75, 3.05) is 13.2 Å². The Morgan fingerprint density at radius 1 is 1.35 bits per heavy atom. The molecule has 0 aliphatic carbocycles. The third-order valence-corrected chi connectivity index (χ3v) is 2.97. The van der Waals surface area contributed by atoms with Crippen LogP contribution in [0.15, 0.2) is 0 Å². The Morgan fingerprint density at radius 3 is 2.65 bits per heavy atom. The van der Waals surface area contributed by atoms with E-state index >= 15 is 0 Å². The molecule has 17 heavy (non-hydrogen) atoms. The van der Waals surface area contributed by atoms with Crippen LogP contribution >= 0.6 is 0 Å². The van der Waals surface area contributed by atoms with Crippen LogP contribution in [0.4, 0.5) is 4.79 Å². The average molecular weight is 243 g/mol. The molecule has 0 saturated carbocycles. The minimum atomic E-state index is -0.451. The van der Waals surface area contributed by atoms with E-state index < -0.39 is 5.60 Å². The van der Waals surface area contributed by atoms with E-state index in [9.17, 15) is 4.79 Å². The van der Waals surface area contributed by atoms with Crippen LogP contribution in [0, 0.1) is 0 Å². The fraction of sp³-hybridized carbons (Fsp3) is 0.923. The van der Waals surface area contributed by atoms with Gasteiger partial charge in [0, 0.05) is 19.2 Å². The molecule has 0 radical (unpaired) electrons. The molecule has 0 aromatic heterocycles. The van der Waals surface area contributed by atoms with Crippen LogP contribution in [-0.4, -0.2) is 40.9 Å². The normalized spacial score (nSPS) is 22.1. The summed E-state index contributed by atoms with van der Waals surface area (Å²) in [5, 5.41) is 9.06. The lowest BCUT2D eigenvalue weighted by Gasteiger charge is -2.32. The van der Waals surface area contributed by atoms with Crippen molar-refractivity contribution in [3.8, 4) is 0 Å². The van der Waals surface area contributed by atoms with Gasteiger partial charge in [-0.3, -0.25) is 0 Å². The van der Waals surface area contributed by atoms with Gasteiger partial charge in [0.1, 0.15) is 5.60 Å². The van der Waals surface area contributed by atoms with Crippen molar-refractivity contribution in [3.05, 3.63) is 0 Å². The number of amides is 1. The third-order valence-electron chi connectivity index (χ3n) is 2.97. The first-order chi connectivity index (χ1) is 7.94. The summed E-state index contributed by atoms with van der Waals surface area (Å²) in [6.45, 7) is 6.51. The monoisotopic (exact) mass is 243 g/mol. The van der Waals surface area contributed by atoms with Gasteiger partial charge in [0.05, 0.1) is 0 Å². The maximum Gasteiger partial charge on any atom is 0.410 e. The summed E-state index contributed by atoms with van der Waals surface area (Å²) in [5.74, 6) is 0. The van der Waals surface area contributed by atoms with Crippen LogP contribution in [-0.2, 0) is 4.74 Å². The Kier molecular flexibility index (Phi) is 5.25. The Labute approximate surface area is 104 Å². The van der Waals surface area contributed by atoms with Gasteiger partial charge in [-0.2, -0.15) is 0 Å². The summed E-state index contributed by atoms with van der Waals surface area (Å²) in [5.41, 5.74) is -0.451. The highest BCUT2D eigenvalue weighted by molar-refractivity contribution is 5.68. The van der Waals surface area contributed by atoms with E-state index in [0.29, 0.717) is 6.42 Å². The number of aliphatic hydroxyl groups excluding tert-OH is 1. The number of ether oxygens (including phenoxy) is 1. The van der Waals surface area contributed by atoms with E-state index in [0.717, 1.165) is 32.2 Å². The molecule has 4 heteroatoms. The van der Waals surface area contributed by atoms with Gasteiger partial charge in [0.15, 0.2) is 0 Å². The predicted octanol–water partition coefficient (Wildman–Crippen LogP) is 2.55. The lowest BCUT2D eigenvalue weighted by molar-refractivity contribution is 0.0143. The molecule has 0 aromatic carbocycles. The van der Waals surface area contributed by atoms with E-state index in [-0.39, 0.29) is 18.7 Å². The number of rotatable bonds is 2. The molecule has 0 unspecified atom stereocenters. The Hall–Kier alpha value is -0.770. The standard InChI is InChI=1S/C13H25NO3/c1-13(2,3)17-12(16)14-9-6-4-5-7-11(14)8-10-15/h11,15H,4-10H2,1-3H3/t11-/m0/s1. The van der Waals surface area contributed by atoms with Gasteiger partial charge in [-0.25, -0.2) is 4.79 Å². The summed E-state index contributed by atoms with van der Waals surface area (Å²) in [7, 11) is 0. The summed E-state index contributed by atoms with van der Waals surface area (Å²) in [6, 6.07) is 0.136. The highest BCUT2D eigenvalue weighted by atomic mass is 16.6. The molecule has 1 N–H and O–H groups in total. The molecule has 1 saturated heterocycles. The van der Waals surface area contributed by atoms with Gasteiger partial charge in [-0.15, -0.1) is 0 Å².